The molecule has 2 aromatic carbocycles. The molecule has 0 unspecified atom stereocenters. The summed E-state index contributed by atoms with van der Waals surface area (Å²) < 4.78 is 44.9. The topological polar surface area (TPSA) is 106 Å². The maximum absolute atomic E-state index is 15.4. The zero-order chi connectivity index (χ0) is 24.6. The van der Waals surface area contributed by atoms with Crippen molar-refractivity contribution in [1.29, 1.82) is 0 Å². The second-order valence-electron chi connectivity index (χ2n) is 8.14. The first kappa shape index (κ1) is 23.2. The van der Waals surface area contributed by atoms with E-state index in [1.807, 2.05) is 0 Å². The lowest BCUT2D eigenvalue weighted by Crippen LogP contribution is -2.42. The molecule has 0 radical (unpaired) electrons. The van der Waals surface area contributed by atoms with Gasteiger partial charge >= 0.3 is 0 Å². The number of carbonyl (C=O) groups excluding carboxylic acids is 1. The van der Waals surface area contributed by atoms with E-state index in [2.05, 4.69) is 15.4 Å². The van der Waals surface area contributed by atoms with Crippen LogP contribution >= 0.6 is 0 Å². The fraction of sp³-hybridized carbons (Fsp3) is 0.208. The zero-order valence-electron chi connectivity index (χ0n) is 18.4. The number of nitrogen functional groups attached to an aromatic ring is 1. The Morgan fingerprint density at radius 1 is 1.21 bits per heavy atom. The maximum Gasteiger partial charge on any atom is 0.254 e. The van der Waals surface area contributed by atoms with E-state index in [0.717, 1.165) is 12.1 Å². The lowest BCUT2D eigenvalue weighted by atomic mass is 9.91. The second kappa shape index (κ2) is 8.79. The van der Waals surface area contributed by atoms with Crippen LogP contribution in [-0.4, -0.2) is 38.3 Å². The van der Waals surface area contributed by atoms with E-state index in [9.17, 15) is 18.7 Å². The highest BCUT2D eigenvalue weighted by Gasteiger charge is 2.34. The van der Waals surface area contributed by atoms with Crippen LogP contribution in [0.2, 0.25) is 0 Å². The van der Waals surface area contributed by atoms with Crippen molar-refractivity contribution in [2.45, 2.75) is 25.6 Å². The SMILES string of the molecule is Cc1ccc(-c2ccn3nc(N)nc3c2)c(F)c1C(=O)NC[C@H](F)[C@@](C)(O)c1ccc(F)cc1. The third-order valence-electron chi connectivity index (χ3n) is 5.72. The van der Waals surface area contributed by atoms with Gasteiger partial charge in [0, 0.05) is 11.8 Å². The Labute approximate surface area is 193 Å². The van der Waals surface area contributed by atoms with E-state index in [1.165, 1.54) is 29.6 Å². The molecule has 0 aliphatic rings. The first-order valence-corrected chi connectivity index (χ1v) is 10.4. The van der Waals surface area contributed by atoms with Crippen LogP contribution in [0.25, 0.3) is 16.8 Å². The summed E-state index contributed by atoms with van der Waals surface area (Å²) in [5, 5.41) is 16.9. The van der Waals surface area contributed by atoms with E-state index >= 15 is 4.39 Å². The van der Waals surface area contributed by atoms with Crippen LogP contribution in [0.15, 0.2) is 54.7 Å². The number of benzene rings is 2. The molecule has 0 fully saturated rings. The minimum Gasteiger partial charge on any atom is -0.382 e. The van der Waals surface area contributed by atoms with Gasteiger partial charge in [0.1, 0.15) is 23.4 Å². The summed E-state index contributed by atoms with van der Waals surface area (Å²) in [5.74, 6) is -2.07. The van der Waals surface area contributed by atoms with Gasteiger partial charge in [-0.15, -0.1) is 5.10 Å². The van der Waals surface area contributed by atoms with Crippen molar-refractivity contribution in [3.63, 3.8) is 0 Å². The van der Waals surface area contributed by atoms with Crippen LogP contribution in [0.3, 0.4) is 0 Å². The van der Waals surface area contributed by atoms with Gasteiger partial charge in [-0.3, -0.25) is 4.79 Å². The van der Waals surface area contributed by atoms with Crippen molar-refractivity contribution in [2.75, 3.05) is 12.3 Å². The Bertz CT molecular complexity index is 1370. The standard InChI is InChI=1S/C24H22F3N5O2/c1-13-3-8-17(14-9-10-32-19(11-14)30-23(28)31-32)21(27)20(13)22(33)29-12-18(26)24(2,34)15-4-6-16(25)7-5-15/h3-11,18,34H,12H2,1-2H3,(H2,28,31)(H,29,33)/t18-,24-/m0/s1. The van der Waals surface area contributed by atoms with E-state index in [4.69, 9.17) is 5.73 Å². The van der Waals surface area contributed by atoms with Gasteiger partial charge in [-0.2, -0.15) is 4.98 Å². The molecular formula is C24H22F3N5O2. The summed E-state index contributed by atoms with van der Waals surface area (Å²) in [6.07, 6.45) is -0.368. The largest absolute Gasteiger partial charge is 0.382 e. The average molecular weight is 469 g/mol. The molecule has 0 aliphatic heterocycles. The number of hydrogen-bond acceptors (Lipinski definition) is 5. The van der Waals surface area contributed by atoms with Crippen LogP contribution in [0.5, 0.6) is 0 Å². The molecule has 7 nitrogen and oxygen atoms in total. The molecule has 2 atom stereocenters. The normalized spacial score (nSPS) is 14.1. The molecule has 0 spiro atoms. The highest BCUT2D eigenvalue weighted by atomic mass is 19.1. The Morgan fingerprint density at radius 3 is 2.62 bits per heavy atom. The van der Waals surface area contributed by atoms with Crippen LogP contribution in [0.4, 0.5) is 19.1 Å². The Morgan fingerprint density at radius 2 is 1.91 bits per heavy atom. The number of nitrogens with one attached hydrogen (secondary N) is 1. The number of fused-ring (bicyclic) bond motifs is 1. The molecule has 4 N–H and O–H groups in total. The van der Waals surface area contributed by atoms with Crippen molar-refractivity contribution in [3.05, 3.63) is 83.1 Å². The summed E-state index contributed by atoms with van der Waals surface area (Å²) in [5.41, 5.74) is 4.86. The highest BCUT2D eigenvalue weighted by Crippen LogP contribution is 2.29. The molecule has 34 heavy (non-hydrogen) atoms. The number of aromatic nitrogens is 3. The molecule has 0 saturated carbocycles. The molecule has 1 amide bonds. The Hall–Kier alpha value is -3.92. The van der Waals surface area contributed by atoms with Crippen LogP contribution in [0, 0.1) is 18.6 Å². The number of amides is 1. The smallest absolute Gasteiger partial charge is 0.254 e. The molecule has 2 aromatic heterocycles. The van der Waals surface area contributed by atoms with E-state index < -0.39 is 35.9 Å². The quantitative estimate of drug-likeness (QED) is 0.401. The fourth-order valence-corrected chi connectivity index (χ4v) is 3.68. The zero-order valence-corrected chi connectivity index (χ0v) is 18.4. The molecule has 0 aliphatic carbocycles. The van der Waals surface area contributed by atoms with Crippen LogP contribution in [-0.2, 0) is 5.60 Å². The van der Waals surface area contributed by atoms with Crippen molar-refractivity contribution in [3.8, 4) is 11.1 Å². The predicted octanol–water partition coefficient (Wildman–Crippen LogP) is 3.54. The molecule has 0 saturated heterocycles. The average Bonchev–Trinajstić information content (AvgIpc) is 3.17. The number of nitrogens with two attached hydrogens (primary N) is 1. The van der Waals surface area contributed by atoms with Gasteiger partial charge in [-0.05, 0) is 54.8 Å². The van der Waals surface area contributed by atoms with Gasteiger partial charge < -0.3 is 16.2 Å². The molecular weight excluding hydrogens is 447 g/mol. The number of rotatable bonds is 6. The van der Waals surface area contributed by atoms with Gasteiger partial charge in [0.15, 0.2) is 5.65 Å². The Kier molecular flexibility index (Phi) is 6.01. The third-order valence-corrected chi connectivity index (χ3v) is 5.72. The number of alkyl halides is 1. The first-order valence-electron chi connectivity index (χ1n) is 10.4. The number of anilines is 1. The highest BCUT2D eigenvalue weighted by molar-refractivity contribution is 5.97. The van der Waals surface area contributed by atoms with Crippen molar-refractivity contribution in [2.24, 2.45) is 0 Å². The number of aryl methyl sites for hydroxylation is 1. The number of nitrogens with zero attached hydrogens (tertiary/aromatic N) is 3. The number of pyridine rings is 1. The molecule has 2 heterocycles. The summed E-state index contributed by atoms with van der Waals surface area (Å²) in [6, 6.07) is 11.0. The van der Waals surface area contributed by atoms with E-state index in [0.29, 0.717) is 16.8 Å². The molecule has 10 heteroatoms. The first-order chi connectivity index (χ1) is 16.1. The van der Waals surface area contributed by atoms with Crippen LogP contribution < -0.4 is 11.1 Å². The summed E-state index contributed by atoms with van der Waals surface area (Å²) in [7, 11) is 0. The lowest BCUT2D eigenvalue weighted by molar-refractivity contribution is -0.0229. The summed E-state index contributed by atoms with van der Waals surface area (Å²) in [4.78, 5) is 16.9. The van der Waals surface area contributed by atoms with E-state index in [-0.39, 0.29) is 22.6 Å². The van der Waals surface area contributed by atoms with Gasteiger partial charge in [0.2, 0.25) is 5.95 Å². The lowest BCUT2D eigenvalue weighted by Gasteiger charge is -2.28. The van der Waals surface area contributed by atoms with Gasteiger partial charge in [0.05, 0.1) is 12.1 Å². The van der Waals surface area contributed by atoms with Crippen LogP contribution in [0.1, 0.15) is 28.4 Å². The van der Waals surface area contributed by atoms with Gasteiger partial charge in [-0.1, -0.05) is 24.3 Å². The second-order valence-corrected chi connectivity index (χ2v) is 8.14. The van der Waals surface area contributed by atoms with Crippen molar-refractivity contribution in [1.82, 2.24) is 19.9 Å². The summed E-state index contributed by atoms with van der Waals surface area (Å²) >= 11 is 0. The van der Waals surface area contributed by atoms with Gasteiger partial charge in [0.25, 0.3) is 5.91 Å². The fourth-order valence-electron chi connectivity index (χ4n) is 3.68. The Balaban J connectivity index is 1.56. The van der Waals surface area contributed by atoms with Gasteiger partial charge in [-0.25, -0.2) is 17.7 Å². The molecule has 0 bridgehead atoms. The number of aliphatic hydroxyl groups is 1. The molecule has 4 rings (SSSR count). The van der Waals surface area contributed by atoms with E-state index in [1.54, 1.807) is 31.3 Å². The third kappa shape index (κ3) is 4.32. The van der Waals surface area contributed by atoms with Crippen molar-refractivity contribution >= 4 is 17.5 Å². The van der Waals surface area contributed by atoms with Crippen molar-refractivity contribution < 1.29 is 23.1 Å². The summed E-state index contributed by atoms with van der Waals surface area (Å²) in [6.45, 7) is 2.19. The monoisotopic (exact) mass is 469 g/mol. The maximum atomic E-state index is 15.4. The number of carbonyl (C=O) groups is 1. The minimum absolute atomic E-state index is 0.0684. The molecule has 4 aromatic rings. The predicted molar refractivity (Wildman–Crippen MR) is 121 cm³/mol. The number of halogens is 3. The molecule has 176 valence electrons. The minimum atomic E-state index is -1.99. The number of hydrogen-bond donors (Lipinski definition) is 3.